The molecular weight excluding hydrogens is 248 g/mol. The van der Waals surface area contributed by atoms with Gasteiger partial charge in [0.1, 0.15) is 17.5 Å². The lowest BCUT2D eigenvalue weighted by atomic mass is 10.1. The Morgan fingerprint density at radius 2 is 2.10 bits per heavy atom. The second-order valence-electron chi connectivity index (χ2n) is 5.39. The SMILES string of the molecule is CCc1cccc(Nc2nc(C3CC3)nc(N)c2C)c1. The number of benzene rings is 1. The van der Waals surface area contributed by atoms with Gasteiger partial charge in [-0.3, -0.25) is 0 Å². The number of hydrogen-bond acceptors (Lipinski definition) is 4. The van der Waals surface area contributed by atoms with Crippen LogP contribution in [0.2, 0.25) is 0 Å². The highest BCUT2D eigenvalue weighted by Crippen LogP contribution is 2.39. The highest BCUT2D eigenvalue weighted by Gasteiger charge is 2.27. The first-order chi connectivity index (χ1) is 9.67. The first kappa shape index (κ1) is 12.9. The molecule has 0 atom stereocenters. The van der Waals surface area contributed by atoms with Crippen LogP contribution in [0.25, 0.3) is 0 Å². The normalized spacial score (nSPS) is 14.3. The smallest absolute Gasteiger partial charge is 0.139 e. The largest absolute Gasteiger partial charge is 0.383 e. The summed E-state index contributed by atoms with van der Waals surface area (Å²) in [6, 6.07) is 8.38. The van der Waals surface area contributed by atoms with Crippen LogP contribution in [0.1, 0.15) is 42.6 Å². The molecular formula is C16H20N4. The van der Waals surface area contributed by atoms with Crippen LogP contribution in [-0.4, -0.2) is 9.97 Å². The van der Waals surface area contributed by atoms with E-state index < -0.39 is 0 Å². The molecule has 1 aliphatic carbocycles. The molecule has 1 heterocycles. The molecule has 1 aromatic carbocycles. The Kier molecular flexibility index (Phi) is 3.30. The third-order valence-electron chi connectivity index (χ3n) is 3.74. The van der Waals surface area contributed by atoms with E-state index in [0.717, 1.165) is 29.3 Å². The van der Waals surface area contributed by atoms with Crippen molar-refractivity contribution in [2.75, 3.05) is 11.1 Å². The number of nitrogens with two attached hydrogens (primary N) is 1. The monoisotopic (exact) mass is 268 g/mol. The fourth-order valence-corrected chi connectivity index (χ4v) is 2.20. The summed E-state index contributed by atoms with van der Waals surface area (Å²) >= 11 is 0. The lowest BCUT2D eigenvalue weighted by Gasteiger charge is -2.12. The molecule has 1 saturated carbocycles. The number of anilines is 3. The van der Waals surface area contributed by atoms with Crippen LogP contribution in [0.5, 0.6) is 0 Å². The predicted octanol–water partition coefficient (Wildman–Crippen LogP) is 3.55. The molecule has 1 aromatic heterocycles. The Morgan fingerprint density at radius 1 is 1.30 bits per heavy atom. The van der Waals surface area contributed by atoms with Crippen molar-refractivity contribution >= 4 is 17.3 Å². The summed E-state index contributed by atoms with van der Waals surface area (Å²) in [5.74, 6) is 2.78. The van der Waals surface area contributed by atoms with Crippen molar-refractivity contribution in [2.24, 2.45) is 0 Å². The molecule has 104 valence electrons. The average molecular weight is 268 g/mol. The van der Waals surface area contributed by atoms with E-state index >= 15 is 0 Å². The van der Waals surface area contributed by atoms with Gasteiger partial charge in [0.05, 0.1) is 0 Å². The minimum atomic E-state index is 0.500. The van der Waals surface area contributed by atoms with E-state index in [2.05, 4.69) is 40.4 Å². The van der Waals surface area contributed by atoms with Gasteiger partial charge >= 0.3 is 0 Å². The average Bonchev–Trinajstić information content (AvgIpc) is 3.28. The van der Waals surface area contributed by atoms with Gasteiger partial charge in [-0.05, 0) is 43.9 Å². The number of nitrogen functional groups attached to an aromatic ring is 1. The molecule has 0 radical (unpaired) electrons. The van der Waals surface area contributed by atoms with Crippen LogP contribution in [0.4, 0.5) is 17.3 Å². The van der Waals surface area contributed by atoms with Crippen LogP contribution in [0.3, 0.4) is 0 Å². The molecule has 20 heavy (non-hydrogen) atoms. The highest BCUT2D eigenvalue weighted by atomic mass is 15.1. The maximum absolute atomic E-state index is 6.01. The third kappa shape index (κ3) is 2.59. The molecule has 0 bridgehead atoms. The van der Waals surface area contributed by atoms with Crippen LogP contribution in [0, 0.1) is 6.92 Å². The van der Waals surface area contributed by atoms with Crippen molar-refractivity contribution in [1.82, 2.24) is 9.97 Å². The number of nitrogens with zero attached hydrogens (tertiary/aromatic N) is 2. The number of aromatic nitrogens is 2. The standard InChI is InChI=1S/C16H20N4/c1-3-11-5-4-6-13(9-11)18-15-10(2)14(17)19-16(20-15)12-7-8-12/h4-6,9,12H,3,7-8H2,1-2H3,(H3,17,18,19,20). The van der Waals surface area contributed by atoms with E-state index in [9.17, 15) is 0 Å². The van der Waals surface area contributed by atoms with Gasteiger partial charge in [-0.25, -0.2) is 9.97 Å². The van der Waals surface area contributed by atoms with Gasteiger partial charge in [-0.15, -0.1) is 0 Å². The summed E-state index contributed by atoms with van der Waals surface area (Å²) in [6.45, 7) is 4.11. The lowest BCUT2D eigenvalue weighted by molar-refractivity contribution is 0.927. The molecule has 0 aliphatic heterocycles. The predicted molar refractivity (Wildman–Crippen MR) is 82.3 cm³/mol. The summed E-state index contributed by atoms with van der Waals surface area (Å²) in [7, 11) is 0. The molecule has 0 saturated heterocycles. The Morgan fingerprint density at radius 3 is 2.80 bits per heavy atom. The zero-order valence-electron chi connectivity index (χ0n) is 12.0. The molecule has 1 fully saturated rings. The van der Waals surface area contributed by atoms with Gasteiger partial charge in [0.15, 0.2) is 0 Å². The minimum Gasteiger partial charge on any atom is -0.383 e. The molecule has 3 N–H and O–H groups in total. The Hall–Kier alpha value is -2.10. The third-order valence-corrected chi connectivity index (χ3v) is 3.74. The van der Waals surface area contributed by atoms with Crippen LogP contribution in [-0.2, 0) is 6.42 Å². The van der Waals surface area contributed by atoms with E-state index in [-0.39, 0.29) is 0 Å². The number of hydrogen-bond donors (Lipinski definition) is 2. The maximum Gasteiger partial charge on any atom is 0.139 e. The second-order valence-corrected chi connectivity index (χ2v) is 5.39. The maximum atomic E-state index is 6.01. The van der Waals surface area contributed by atoms with Gasteiger partial charge in [-0.2, -0.15) is 0 Å². The summed E-state index contributed by atoms with van der Waals surface area (Å²) in [5, 5.41) is 3.38. The summed E-state index contributed by atoms with van der Waals surface area (Å²) < 4.78 is 0. The molecule has 0 spiro atoms. The zero-order valence-corrected chi connectivity index (χ0v) is 12.0. The van der Waals surface area contributed by atoms with E-state index in [1.165, 1.54) is 18.4 Å². The van der Waals surface area contributed by atoms with E-state index in [1.807, 2.05) is 13.0 Å². The van der Waals surface area contributed by atoms with Gasteiger partial charge in [0, 0.05) is 17.2 Å². The van der Waals surface area contributed by atoms with E-state index in [1.54, 1.807) is 0 Å². The van der Waals surface area contributed by atoms with Crippen molar-refractivity contribution in [3.05, 3.63) is 41.2 Å². The molecule has 4 heteroatoms. The second kappa shape index (κ2) is 5.12. The molecule has 1 aliphatic rings. The van der Waals surface area contributed by atoms with E-state index in [4.69, 9.17) is 5.73 Å². The zero-order chi connectivity index (χ0) is 14.1. The quantitative estimate of drug-likeness (QED) is 0.890. The van der Waals surface area contributed by atoms with Crippen molar-refractivity contribution in [2.45, 2.75) is 39.0 Å². The Labute approximate surface area is 119 Å². The van der Waals surface area contributed by atoms with Crippen LogP contribution in [0.15, 0.2) is 24.3 Å². The van der Waals surface area contributed by atoms with E-state index in [0.29, 0.717) is 11.7 Å². The fraction of sp³-hybridized carbons (Fsp3) is 0.375. The van der Waals surface area contributed by atoms with Crippen LogP contribution < -0.4 is 11.1 Å². The van der Waals surface area contributed by atoms with Gasteiger partial charge in [-0.1, -0.05) is 19.1 Å². The fourth-order valence-electron chi connectivity index (χ4n) is 2.20. The van der Waals surface area contributed by atoms with Gasteiger partial charge in [0.25, 0.3) is 0 Å². The highest BCUT2D eigenvalue weighted by molar-refractivity contribution is 5.64. The number of aryl methyl sites for hydroxylation is 1. The summed E-state index contributed by atoms with van der Waals surface area (Å²) in [5.41, 5.74) is 9.27. The summed E-state index contributed by atoms with van der Waals surface area (Å²) in [6.07, 6.45) is 3.37. The number of rotatable bonds is 4. The molecule has 0 amide bonds. The van der Waals surface area contributed by atoms with Crippen molar-refractivity contribution in [1.29, 1.82) is 0 Å². The van der Waals surface area contributed by atoms with Gasteiger partial charge in [0.2, 0.25) is 0 Å². The molecule has 4 nitrogen and oxygen atoms in total. The van der Waals surface area contributed by atoms with Gasteiger partial charge < -0.3 is 11.1 Å². The van der Waals surface area contributed by atoms with Crippen LogP contribution >= 0.6 is 0 Å². The van der Waals surface area contributed by atoms with Crippen molar-refractivity contribution < 1.29 is 0 Å². The molecule has 2 aromatic rings. The summed E-state index contributed by atoms with van der Waals surface area (Å²) in [4.78, 5) is 9.04. The topological polar surface area (TPSA) is 63.8 Å². The Bertz CT molecular complexity index is 632. The number of nitrogens with one attached hydrogen (secondary N) is 1. The van der Waals surface area contributed by atoms with Crippen molar-refractivity contribution in [3.8, 4) is 0 Å². The molecule has 0 unspecified atom stereocenters. The molecule has 3 rings (SSSR count). The lowest BCUT2D eigenvalue weighted by Crippen LogP contribution is -2.06. The minimum absolute atomic E-state index is 0.500. The Balaban J connectivity index is 1.92. The first-order valence-corrected chi connectivity index (χ1v) is 7.17. The first-order valence-electron chi connectivity index (χ1n) is 7.17. The van der Waals surface area contributed by atoms with Crippen molar-refractivity contribution in [3.63, 3.8) is 0 Å².